The summed E-state index contributed by atoms with van der Waals surface area (Å²) in [6.07, 6.45) is 7.21. The van der Waals surface area contributed by atoms with Gasteiger partial charge in [-0.3, -0.25) is 25.1 Å². The molecule has 0 aliphatic carbocycles. The fourth-order valence-corrected chi connectivity index (χ4v) is 3.29. The lowest BCUT2D eigenvalue weighted by atomic mass is 10.0. The minimum Gasteiger partial charge on any atom is -0.309 e. The zero-order valence-electron chi connectivity index (χ0n) is 18.2. The highest BCUT2D eigenvalue weighted by molar-refractivity contribution is 5.83. The molecule has 0 radical (unpaired) electrons. The molecule has 4 rings (SSSR count). The number of aryl methyl sites for hydroxylation is 1. The Labute approximate surface area is 185 Å². The van der Waals surface area contributed by atoms with Gasteiger partial charge in [0.15, 0.2) is 0 Å². The van der Waals surface area contributed by atoms with Crippen LogP contribution in [0.15, 0.2) is 61.2 Å². The van der Waals surface area contributed by atoms with Crippen molar-refractivity contribution in [2.45, 2.75) is 26.2 Å². The van der Waals surface area contributed by atoms with Crippen molar-refractivity contribution in [2.75, 3.05) is 5.32 Å². The lowest BCUT2D eigenvalue weighted by Crippen LogP contribution is -2.27. The van der Waals surface area contributed by atoms with E-state index in [9.17, 15) is 0 Å². The van der Waals surface area contributed by atoms with Gasteiger partial charge in [0.2, 0.25) is 5.95 Å². The summed E-state index contributed by atoms with van der Waals surface area (Å²) in [6, 6.07) is 11.2. The van der Waals surface area contributed by atoms with Crippen LogP contribution in [0.25, 0.3) is 11.3 Å². The third-order valence-corrected chi connectivity index (χ3v) is 5.11. The molecule has 0 aliphatic heterocycles. The Morgan fingerprint density at radius 1 is 1.06 bits per heavy atom. The van der Waals surface area contributed by atoms with Gasteiger partial charge in [-0.15, -0.1) is 0 Å². The number of nitrogens with zero attached hydrogens (tertiary/aromatic N) is 6. The molecule has 4 aromatic rings. The van der Waals surface area contributed by atoms with Crippen LogP contribution >= 0.6 is 0 Å². The summed E-state index contributed by atoms with van der Waals surface area (Å²) >= 11 is 0. The van der Waals surface area contributed by atoms with Gasteiger partial charge >= 0.3 is 0 Å². The van der Waals surface area contributed by atoms with Crippen molar-refractivity contribution in [3.63, 3.8) is 0 Å². The van der Waals surface area contributed by atoms with Crippen molar-refractivity contribution in [1.29, 1.82) is 10.8 Å². The zero-order valence-corrected chi connectivity index (χ0v) is 18.2. The molecule has 3 N–H and O–H groups in total. The maximum absolute atomic E-state index is 8.48. The number of hydrogen-bond acceptors (Lipinski definition) is 7. The maximum atomic E-state index is 8.48. The fraction of sp³-hybridized carbons (Fsp3) is 0.217. The molecular formula is C23H25N9. The lowest BCUT2D eigenvalue weighted by molar-refractivity contribution is 0.775. The van der Waals surface area contributed by atoms with E-state index >= 15 is 0 Å². The summed E-state index contributed by atoms with van der Waals surface area (Å²) in [5.74, 6) is 1.90. The van der Waals surface area contributed by atoms with Crippen LogP contribution in [-0.4, -0.2) is 35.1 Å². The van der Waals surface area contributed by atoms with Crippen molar-refractivity contribution in [1.82, 2.24) is 29.3 Å². The van der Waals surface area contributed by atoms with Crippen molar-refractivity contribution in [3.05, 3.63) is 77.9 Å². The molecule has 0 atom stereocenters. The highest BCUT2D eigenvalue weighted by Crippen LogP contribution is 2.18. The largest absolute Gasteiger partial charge is 0.309 e. The first-order valence-corrected chi connectivity index (χ1v) is 10.3. The highest BCUT2D eigenvalue weighted by Gasteiger charge is 2.09. The van der Waals surface area contributed by atoms with Crippen LogP contribution in [0.2, 0.25) is 0 Å². The summed E-state index contributed by atoms with van der Waals surface area (Å²) in [7, 11) is 1.83. The Kier molecular flexibility index (Phi) is 5.89. The van der Waals surface area contributed by atoms with Crippen LogP contribution in [0.3, 0.4) is 0 Å². The van der Waals surface area contributed by atoms with Gasteiger partial charge in [-0.2, -0.15) is 5.10 Å². The standard InChI is InChI=1S/C23H25N9/c1-15(2)16-4-8-26-18(12-16)14-21(25)32-11-7-17(13-20(32)24)19-5-9-27-23(29-19)30-22-6-10-28-31(22)3/h4-13,15,24-25H,14H2,1-3H3,(H,27,29,30). The van der Waals surface area contributed by atoms with Gasteiger partial charge in [0, 0.05) is 49.4 Å². The van der Waals surface area contributed by atoms with E-state index in [1.165, 1.54) is 5.56 Å². The monoisotopic (exact) mass is 427 g/mol. The average molecular weight is 428 g/mol. The smallest absolute Gasteiger partial charge is 0.228 e. The molecule has 162 valence electrons. The molecule has 0 aliphatic rings. The number of nitrogens with one attached hydrogen (secondary N) is 3. The van der Waals surface area contributed by atoms with Gasteiger partial charge in [0.05, 0.1) is 11.9 Å². The number of rotatable bonds is 6. The summed E-state index contributed by atoms with van der Waals surface area (Å²) in [4.78, 5) is 13.2. The molecule has 32 heavy (non-hydrogen) atoms. The van der Waals surface area contributed by atoms with E-state index in [-0.39, 0.29) is 11.3 Å². The predicted molar refractivity (Wildman–Crippen MR) is 123 cm³/mol. The molecule has 0 amide bonds. The van der Waals surface area contributed by atoms with E-state index in [2.05, 4.69) is 39.2 Å². The van der Waals surface area contributed by atoms with Gasteiger partial charge in [-0.1, -0.05) is 13.8 Å². The van der Waals surface area contributed by atoms with E-state index in [1.807, 2.05) is 31.3 Å². The van der Waals surface area contributed by atoms with E-state index in [1.54, 1.807) is 46.2 Å². The second kappa shape index (κ2) is 8.93. The van der Waals surface area contributed by atoms with Crippen LogP contribution in [-0.2, 0) is 13.5 Å². The molecule has 0 spiro atoms. The number of aromatic nitrogens is 6. The lowest BCUT2D eigenvalue weighted by Gasteiger charge is -2.12. The van der Waals surface area contributed by atoms with E-state index in [4.69, 9.17) is 10.8 Å². The normalized spacial score (nSPS) is 11.0. The van der Waals surface area contributed by atoms with Crippen molar-refractivity contribution in [2.24, 2.45) is 7.05 Å². The Bertz CT molecular complexity index is 1320. The Hall–Kier alpha value is -4.14. The summed E-state index contributed by atoms with van der Waals surface area (Å²) < 4.78 is 3.24. The first kappa shape index (κ1) is 21.1. The quantitative estimate of drug-likeness (QED) is 0.321. The van der Waals surface area contributed by atoms with Crippen LogP contribution in [0, 0.1) is 10.8 Å². The van der Waals surface area contributed by atoms with Crippen LogP contribution in [0.1, 0.15) is 31.0 Å². The second-order valence-corrected chi connectivity index (χ2v) is 7.76. The number of anilines is 2. The molecule has 0 saturated carbocycles. The van der Waals surface area contributed by atoms with Gasteiger partial charge in [0.1, 0.15) is 17.1 Å². The summed E-state index contributed by atoms with van der Waals surface area (Å²) in [5, 5.41) is 24.2. The third-order valence-electron chi connectivity index (χ3n) is 5.11. The molecule has 4 aromatic heterocycles. The molecular weight excluding hydrogens is 402 g/mol. The van der Waals surface area contributed by atoms with Crippen LogP contribution < -0.4 is 10.8 Å². The number of hydrogen-bond donors (Lipinski definition) is 3. The molecule has 0 fully saturated rings. The fourth-order valence-electron chi connectivity index (χ4n) is 3.29. The van der Waals surface area contributed by atoms with Gasteiger partial charge in [-0.05, 0) is 41.8 Å². The predicted octanol–water partition coefficient (Wildman–Crippen LogP) is 3.49. The maximum Gasteiger partial charge on any atom is 0.228 e. The van der Waals surface area contributed by atoms with E-state index in [0.717, 1.165) is 17.1 Å². The van der Waals surface area contributed by atoms with Gasteiger partial charge in [0.25, 0.3) is 0 Å². The molecule has 0 saturated heterocycles. The molecule has 0 aromatic carbocycles. The van der Waals surface area contributed by atoms with Crippen molar-refractivity contribution < 1.29 is 0 Å². The topological polar surface area (TPSA) is 121 Å². The third kappa shape index (κ3) is 4.61. The van der Waals surface area contributed by atoms with Gasteiger partial charge in [-0.25, -0.2) is 9.97 Å². The summed E-state index contributed by atoms with van der Waals surface area (Å²) in [6.45, 7) is 4.26. The number of pyridine rings is 2. The average Bonchev–Trinajstić information content (AvgIpc) is 3.18. The Morgan fingerprint density at radius 3 is 2.59 bits per heavy atom. The molecule has 9 heteroatoms. The minimum atomic E-state index is 0.201. The molecule has 0 unspecified atom stereocenters. The van der Waals surface area contributed by atoms with Crippen molar-refractivity contribution in [3.8, 4) is 11.3 Å². The van der Waals surface area contributed by atoms with Gasteiger partial charge < -0.3 is 5.32 Å². The first-order chi connectivity index (χ1) is 15.4. The first-order valence-electron chi connectivity index (χ1n) is 10.3. The van der Waals surface area contributed by atoms with Crippen molar-refractivity contribution >= 4 is 17.6 Å². The summed E-state index contributed by atoms with van der Waals surface area (Å²) in [5.41, 5.74) is 3.66. The Balaban J connectivity index is 1.54. The van der Waals surface area contributed by atoms with E-state index in [0.29, 0.717) is 24.0 Å². The minimum absolute atomic E-state index is 0.201. The van der Waals surface area contributed by atoms with Crippen LogP contribution in [0.5, 0.6) is 0 Å². The molecule has 4 heterocycles. The SMILES string of the molecule is CC(C)c1ccnc(CC(=N)n2ccc(-c3ccnc(Nc4ccnn4C)n3)cc2=N)c1. The van der Waals surface area contributed by atoms with Crippen LogP contribution in [0.4, 0.5) is 11.8 Å². The Morgan fingerprint density at radius 2 is 1.88 bits per heavy atom. The zero-order chi connectivity index (χ0) is 22.7. The highest BCUT2D eigenvalue weighted by atomic mass is 15.3. The molecule has 0 bridgehead atoms. The van der Waals surface area contributed by atoms with E-state index < -0.39 is 0 Å². The second-order valence-electron chi connectivity index (χ2n) is 7.76. The molecule has 9 nitrogen and oxygen atoms in total.